The number of carboxylic acid groups (broad SMARTS) is 1. The van der Waals surface area contributed by atoms with Gasteiger partial charge in [-0.3, -0.25) is 4.79 Å². The van der Waals surface area contributed by atoms with E-state index in [1.807, 2.05) is 6.92 Å². The van der Waals surface area contributed by atoms with Crippen LogP contribution in [-0.4, -0.2) is 35.1 Å². The molecule has 0 unspecified atom stereocenters. The van der Waals surface area contributed by atoms with Crippen molar-refractivity contribution < 1.29 is 14.7 Å². The average Bonchev–Trinajstić information content (AvgIpc) is 2.37. The maximum atomic E-state index is 12.1. The van der Waals surface area contributed by atoms with Gasteiger partial charge in [0.15, 0.2) is 0 Å². The summed E-state index contributed by atoms with van der Waals surface area (Å²) in [5.41, 5.74) is 1.39. The van der Waals surface area contributed by atoms with Crippen molar-refractivity contribution in [3.63, 3.8) is 0 Å². The molecule has 0 aliphatic rings. The van der Waals surface area contributed by atoms with Crippen molar-refractivity contribution >= 4 is 17.7 Å². The Bertz CT molecular complexity index is 455. The van der Waals surface area contributed by atoms with E-state index in [1.165, 1.54) is 0 Å². The van der Waals surface area contributed by atoms with E-state index in [0.29, 0.717) is 30.3 Å². The van der Waals surface area contributed by atoms with Gasteiger partial charge in [0.1, 0.15) is 0 Å². The van der Waals surface area contributed by atoms with Crippen molar-refractivity contribution in [2.75, 3.05) is 18.4 Å². The number of nitrogens with zero attached hydrogens (tertiary/aromatic N) is 1. The number of carboxylic acids is 1. The number of hydrogen-bond acceptors (Lipinski definition) is 2. The number of carbonyl (C=O) groups is 2. The van der Waals surface area contributed by atoms with Gasteiger partial charge in [-0.05, 0) is 30.5 Å². The summed E-state index contributed by atoms with van der Waals surface area (Å²) < 4.78 is 0. The quantitative estimate of drug-likeness (QED) is 0.840. The van der Waals surface area contributed by atoms with E-state index in [9.17, 15) is 9.59 Å². The molecule has 0 bridgehead atoms. The van der Waals surface area contributed by atoms with Gasteiger partial charge in [-0.25, -0.2) is 4.79 Å². The second-order valence-electron chi connectivity index (χ2n) is 5.13. The molecule has 0 aliphatic carbocycles. The largest absolute Gasteiger partial charge is 0.481 e. The summed E-state index contributed by atoms with van der Waals surface area (Å²) in [6.07, 6.45) is -0.0112. The molecule has 2 N–H and O–H groups in total. The second kappa shape index (κ2) is 7.53. The number of benzene rings is 1. The SMILES string of the molecule is CCN(CC(C)C)C(=O)Nc1ccc(CC(=O)O)cc1. The topological polar surface area (TPSA) is 69.6 Å². The maximum absolute atomic E-state index is 12.1. The second-order valence-corrected chi connectivity index (χ2v) is 5.13. The number of anilines is 1. The third-order valence-corrected chi connectivity index (χ3v) is 2.82. The van der Waals surface area contributed by atoms with Crippen LogP contribution in [0, 0.1) is 5.92 Å². The monoisotopic (exact) mass is 278 g/mol. The van der Waals surface area contributed by atoms with E-state index in [4.69, 9.17) is 5.11 Å². The number of aliphatic carboxylic acids is 1. The molecule has 0 saturated carbocycles. The van der Waals surface area contributed by atoms with Gasteiger partial charge in [-0.1, -0.05) is 26.0 Å². The van der Waals surface area contributed by atoms with Crippen molar-refractivity contribution in [3.05, 3.63) is 29.8 Å². The van der Waals surface area contributed by atoms with E-state index >= 15 is 0 Å². The highest BCUT2D eigenvalue weighted by Gasteiger charge is 2.12. The number of hydrogen-bond donors (Lipinski definition) is 2. The molecule has 5 heteroatoms. The molecule has 0 saturated heterocycles. The number of nitrogens with one attached hydrogen (secondary N) is 1. The lowest BCUT2D eigenvalue weighted by atomic mass is 10.1. The minimum absolute atomic E-state index is 0.0112. The van der Waals surface area contributed by atoms with E-state index in [0.717, 1.165) is 0 Å². The molecule has 1 aromatic carbocycles. The van der Waals surface area contributed by atoms with Gasteiger partial charge in [-0.2, -0.15) is 0 Å². The zero-order chi connectivity index (χ0) is 15.1. The minimum Gasteiger partial charge on any atom is -0.481 e. The Labute approximate surface area is 119 Å². The number of urea groups is 1. The van der Waals surface area contributed by atoms with Crippen LogP contribution < -0.4 is 5.32 Å². The maximum Gasteiger partial charge on any atom is 0.321 e. The number of rotatable bonds is 6. The summed E-state index contributed by atoms with van der Waals surface area (Å²) in [4.78, 5) is 24.4. The van der Waals surface area contributed by atoms with Gasteiger partial charge in [0.25, 0.3) is 0 Å². The zero-order valence-electron chi connectivity index (χ0n) is 12.2. The summed E-state index contributed by atoms with van der Waals surface area (Å²) in [7, 11) is 0. The molecule has 1 rings (SSSR count). The molecular formula is C15H22N2O3. The molecular weight excluding hydrogens is 256 g/mol. The van der Waals surface area contributed by atoms with E-state index in [2.05, 4.69) is 19.2 Å². The Hall–Kier alpha value is -2.04. The fourth-order valence-electron chi connectivity index (χ4n) is 1.88. The van der Waals surface area contributed by atoms with Crippen molar-refractivity contribution in [3.8, 4) is 0 Å². The smallest absolute Gasteiger partial charge is 0.321 e. The van der Waals surface area contributed by atoms with Gasteiger partial charge in [-0.15, -0.1) is 0 Å². The Morgan fingerprint density at radius 2 is 1.85 bits per heavy atom. The van der Waals surface area contributed by atoms with Crippen LogP contribution in [0.15, 0.2) is 24.3 Å². The first kappa shape index (κ1) is 16.0. The molecule has 0 heterocycles. The highest BCUT2D eigenvalue weighted by atomic mass is 16.4. The first-order valence-electron chi connectivity index (χ1n) is 6.79. The molecule has 5 nitrogen and oxygen atoms in total. The average molecular weight is 278 g/mol. The fraction of sp³-hybridized carbons (Fsp3) is 0.467. The molecule has 0 spiro atoms. The normalized spacial score (nSPS) is 10.4. The van der Waals surface area contributed by atoms with Crippen LogP contribution in [0.2, 0.25) is 0 Å². The predicted molar refractivity (Wildman–Crippen MR) is 78.9 cm³/mol. The molecule has 0 radical (unpaired) electrons. The molecule has 110 valence electrons. The summed E-state index contributed by atoms with van der Waals surface area (Å²) in [5.74, 6) is -0.450. The summed E-state index contributed by atoms with van der Waals surface area (Å²) in [6, 6.07) is 6.73. The Kier molecular flexibility index (Phi) is 6.03. The third kappa shape index (κ3) is 5.30. The van der Waals surface area contributed by atoms with Gasteiger partial charge in [0, 0.05) is 18.8 Å². The summed E-state index contributed by atoms with van der Waals surface area (Å²) in [6.45, 7) is 7.44. The standard InChI is InChI=1S/C15H22N2O3/c1-4-17(10-11(2)3)15(20)16-13-7-5-12(6-8-13)9-14(18)19/h5-8,11H,4,9-10H2,1-3H3,(H,16,20)(H,18,19). The minimum atomic E-state index is -0.865. The van der Waals surface area contributed by atoms with Crippen molar-refractivity contribution in [1.82, 2.24) is 4.90 Å². The van der Waals surface area contributed by atoms with Crippen LogP contribution in [0.25, 0.3) is 0 Å². The summed E-state index contributed by atoms with van der Waals surface area (Å²) in [5, 5.41) is 11.5. The molecule has 2 amide bonds. The number of amides is 2. The fourth-order valence-corrected chi connectivity index (χ4v) is 1.88. The van der Waals surface area contributed by atoms with Gasteiger partial charge < -0.3 is 15.3 Å². The highest BCUT2D eigenvalue weighted by Crippen LogP contribution is 2.11. The lowest BCUT2D eigenvalue weighted by molar-refractivity contribution is -0.136. The Balaban J connectivity index is 2.63. The molecule has 1 aromatic rings. The Morgan fingerprint density at radius 1 is 1.25 bits per heavy atom. The van der Waals surface area contributed by atoms with E-state index < -0.39 is 5.97 Å². The van der Waals surface area contributed by atoms with Gasteiger partial charge in [0.2, 0.25) is 0 Å². The third-order valence-electron chi connectivity index (χ3n) is 2.82. The number of carbonyl (C=O) groups excluding carboxylic acids is 1. The lowest BCUT2D eigenvalue weighted by Crippen LogP contribution is -2.37. The van der Waals surface area contributed by atoms with Crippen LogP contribution in [-0.2, 0) is 11.2 Å². The zero-order valence-corrected chi connectivity index (χ0v) is 12.2. The molecule has 0 fully saturated rings. The highest BCUT2D eigenvalue weighted by molar-refractivity contribution is 5.89. The first-order chi connectivity index (χ1) is 9.42. The lowest BCUT2D eigenvalue weighted by Gasteiger charge is -2.23. The van der Waals surface area contributed by atoms with Crippen LogP contribution >= 0.6 is 0 Å². The van der Waals surface area contributed by atoms with E-state index in [-0.39, 0.29) is 12.5 Å². The predicted octanol–water partition coefficient (Wildman–Crippen LogP) is 2.82. The van der Waals surface area contributed by atoms with Crippen molar-refractivity contribution in [2.24, 2.45) is 5.92 Å². The first-order valence-corrected chi connectivity index (χ1v) is 6.79. The molecule has 0 aromatic heterocycles. The molecule has 20 heavy (non-hydrogen) atoms. The van der Waals surface area contributed by atoms with Crippen LogP contribution in [0.1, 0.15) is 26.3 Å². The Morgan fingerprint density at radius 3 is 2.30 bits per heavy atom. The van der Waals surface area contributed by atoms with Crippen LogP contribution in [0.3, 0.4) is 0 Å². The van der Waals surface area contributed by atoms with Crippen LogP contribution in [0.4, 0.5) is 10.5 Å². The van der Waals surface area contributed by atoms with Crippen molar-refractivity contribution in [2.45, 2.75) is 27.2 Å². The van der Waals surface area contributed by atoms with Crippen LogP contribution in [0.5, 0.6) is 0 Å². The molecule has 0 aliphatic heterocycles. The van der Waals surface area contributed by atoms with Crippen molar-refractivity contribution in [1.29, 1.82) is 0 Å². The van der Waals surface area contributed by atoms with Gasteiger partial charge >= 0.3 is 12.0 Å². The molecule has 0 atom stereocenters. The summed E-state index contributed by atoms with van der Waals surface area (Å²) >= 11 is 0. The van der Waals surface area contributed by atoms with Gasteiger partial charge in [0.05, 0.1) is 6.42 Å². The van der Waals surface area contributed by atoms with E-state index in [1.54, 1.807) is 29.2 Å².